The molecule has 0 amide bonds. The third-order valence-corrected chi connectivity index (χ3v) is 18.4. The summed E-state index contributed by atoms with van der Waals surface area (Å²) in [4.78, 5) is 10.7. The van der Waals surface area contributed by atoms with Crippen LogP contribution in [0.5, 0.6) is 0 Å². The predicted molar refractivity (Wildman–Crippen MR) is 379 cm³/mol. The molecule has 16 aromatic carbocycles. The van der Waals surface area contributed by atoms with Gasteiger partial charge in [-0.05, 0) is 193 Å². The van der Waals surface area contributed by atoms with Crippen LogP contribution in [0.25, 0.3) is 176 Å². The van der Waals surface area contributed by atoms with Crippen LogP contribution in [0.4, 0.5) is 0 Å². The second-order valence-electron chi connectivity index (χ2n) is 23.6. The fourth-order valence-corrected chi connectivity index (χ4v) is 14.4. The van der Waals surface area contributed by atoms with Gasteiger partial charge < -0.3 is 0 Å². The molecule has 4 nitrogen and oxygen atoms in total. The van der Waals surface area contributed by atoms with E-state index in [4.69, 9.17) is 9.97 Å². The van der Waals surface area contributed by atoms with Crippen LogP contribution in [0.3, 0.4) is 0 Å². The maximum absolute atomic E-state index is 5.60. The fraction of sp³-hybridized carbons (Fsp3) is 0. The van der Waals surface area contributed by atoms with E-state index < -0.39 is 0 Å². The van der Waals surface area contributed by atoms with Gasteiger partial charge in [-0.1, -0.05) is 255 Å². The molecule has 0 N–H and O–H groups in total. The minimum absolute atomic E-state index is 0.891. The zero-order chi connectivity index (χ0) is 59.2. The van der Waals surface area contributed by atoms with Crippen molar-refractivity contribution in [2.75, 3.05) is 0 Å². The van der Waals surface area contributed by atoms with Gasteiger partial charge in [0.05, 0.1) is 22.1 Å². The first kappa shape index (κ1) is 51.3. The van der Waals surface area contributed by atoms with Crippen molar-refractivity contribution in [3.05, 3.63) is 328 Å². The van der Waals surface area contributed by atoms with Gasteiger partial charge >= 0.3 is 0 Å². The average Bonchev–Trinajstić information content (AvgIpc) is 2.38. The van der Waals surface area contributed by atoms with Crippen molar-refractivity contribution in [3.63, 3.8) is 0 Å². The van der Waals surface area contributed by atoms with Gasteiger partial charge in [0.1, 0.15) is 11.6 Å². The highest BCUT2D eigenvalue weighted by Crippen LogP contribution is 2.47. The summed E-state index contributed by atoms with van der Waals surface area (Å²) in [6, 6.07) is 119. The van der Waals surface area contributed by atoms with Gasteiger partial charge in [0.2, 0.25) is 0 Å². The van der Waals surface area contributed by atoms with E-state index in [9.17, 15) is 0 Å². The van der Waals surface area contributed by atoms with Gasteiger partial charge in [0.25, 0.3) is 0 Å². The second-order valence-corrected chi connectivity index (χ2v) is 23.6. The molecule has 90 heavy (non-hydrogen) atoms. The molecule has 0 saturated carbocycles. The Labute approximate surface area is 520 Å². The van der Waals surface area contributed by atoms with Crippen LogP contribution in [0.1, 0.15) is 0 Å². The summed E-state index contributed by atoms with van der Waals surface area (Å²) in [7, 11) is 0. The molecule has 0 unspecified atom stereocenters. The van der Waals surface area contributed by atoms with E-state index in [-0.39, 0.29) is 0 Å². The van der Waals surface area contributed by atoms with E-state index in [0.717, 1.165) is 72.9 Å². The van der Waals surface area contributed by atoms with Crippen molar-refractivity contribution in [2.45, 2.75) is 0 Å². The van der Waals surface area contributed by atoms with Crippen molar-refractivity contribution in [2.24, 2.45) is 0 Å². The Hall–Kier alpha value is -12.0. The molecule has 0 aliphatic carbocycles. The van der Waals surface area contributed by atoms with E-state index in [1.165, 1.54) is 104 Å². The first-order chi connectivity index (χ1) is 44.6. The second kappa shape index (κ2) is 20.9. The van der Waals surface area contributed by atoms with Crippen molar-refractivity contribution in [1.29, 1.82) is 0 Å². The Kier molecular flexibility index (Phi) is 11.9. The highest BCUT2D eigenvalue weighted by molar-refractivity contribution is 6.23. The van der Waals surface area contributed by atoms with E-state index in [1.807, 2.05) is 0 Å². The van der Waals surface area contributed by atoms with Crippen LogP contribution in [-0.2, 0) is 0 Å². The molecule has 4 heteroatoms. The normalized spacial score (nSPS) is 11.8. The molecule has 18 aromatic rings. The highest BCUT2D eigenvalue weighted by atomic mass is 15.1. The first-order valence-electron chi connectivity index (χ1n) is 30.9. The lowest BCUT2D eigenvalue weighted by Gasteiger charge is -2.18. The number of hydrogen-bond acceptors (Lipinski definition) is 2. The standard InChI is InChI=1S/C86H54N4/c1-3-21-58(22-4-1)85-87-77-36-17-18-37-79(77)90(85)68-47-44-57(45-48-68)81-69-28-9-11-30-71(69)83(72-31-12-10-29-70(72)81)63-43-40-56-38-41-61(52-66(56)53-63)60-24-19-25-65(51-60)86-88-78-54-64(46-49-80(78)89(86)67-26-5-2-6-27-67)84-75-34-15-13-32-73(75)82(74-33-14-16-35-76(74)84)62-42-39-55-20-7-8-23-59(55)50-62/h1-54H. The Bertz CT molecular complexity index is 5780. The third-order valence-electron chi connectivity index (χ3n) is 18.4. The van der Waals surface area contributed by atoms with Crippen molar-refractivity contribution >= 4 is 86.7 Å². The summed E-state index contributed by atoms with van der Waals surface area (Å²) in [5.74, 6) is 1.82. The first-order valence-corrected chi connectivity index (χ1v) is 30.9. The molecule has 0 radical (unpaired) electrons. The van der Waals surface area contributed by atoms with Crippen LogP contribution in [0, 0.1) is 0 Å². The van der Waals surface area contributed by atoms with Crippen molar-refractivity contribution in [3.8, 4) is 89.8 Å². The zero-order valence-electron chi connectivity index (χ0n) is 49.0. The number of rotatable bonds is 9. The highest BCUT2D eigenvalue weighted by Gasteiger charge is 2.23. The van der Waals surface area contributed by atoms with Crippen LogP contribution >= 0.6 is 0 Å². The van der Waals surface area contributed by atoms with E-state index in [1.54, 1.807) is 0 Å². The van der Waals surface area contributed by atoms with E-state index in [0.29, 0.717) is 0 Å². The largest absolute Gasteiger partial charge is 0.292 e. The van der Waals surface area contributed by atoms with Gasteiger partial charge in [0, 0.05) is 22.5 Å². The SMILES string of the molecule is c1ccc(-c2nc3ccccc3n2-c2ccc(-c3c4ccccc4c(-c4ccc5ccc(-c6cccc(-c7nc8cc(-c9c%10ccccc%10c(-c%10ccc%11ccccc%11c%10)c%10ccccc9%10)ccc8n7-c7ccccc7)c6)cc5c4)c4ccccc34)cc2)cc1. The van der Waals surface area contributed by atoms with E-state index in [2.05, 4.69) is 337 Å². The number of aromatic nitrogens is 4. The van der Waals surface area contributed by atoms with Crippen LogP contribution in [0.15, 0.2) is 328 Å². The summed E-state index contributed by atoms with van der Waals surface area (Å²) < 4.78 is 4.60. The smallest absolute Gasteiger partial charge is 0.145 e. The Balaban J connectivity index is 0.728. The molecule has 418 valence electrons. The minimum Gasteiger partial charge on any atom is -0.292 e. The quantitative estimate of drug-likeness (QED) is 0.135. The number of nitrogens with zero attached hydrogens (tertiary/aromatic N) is 4. The summed E-state index contributed by atoms with van der Waals surface area (Å²) in [6.45, 7) is 0. The molecule has 2 heterocycles. The molecule has 0 fully saturated rings. The molecular formula is C86H54N4. The topological polar surface area (TPSA) is 35.6 Å². The summed E-state index contributed by atoms with van der Waals surface area (Å²) >= 11 is 0. The number of fused-ring (bicyclic) bond motifs is 8. The molecule has 0 bridgehead atoms. The number of hydrogen-bond donors (Lipinski definition) is 0. The lowest BCUT2D eigenvalue weighted by molar-refractivity contribution is 1.10. The molecule has 0 saturated heterocycles. The molecule has 2 aromatic heterocycles. The molecule has 0 atom stereocenters. The van der Waals surface area contributed by atoms with Gasteiger partial charge in [-0.15, -0.1) is 0 Å². The van der Waals surface area contributed by atoms with Crippen LogP contribution in [0.2, 0.25) is 0 Å². The number of para-hydroxylation sites is 3. The Morgan fingerprint density at radius 1 is 0.189 bits per heavy atom. The van der Waals surface area contributed by atoms with Crippen LogP contribution in [-0.4, -0.2) is 19.1 Å². The average molecular weight is 1140 g/mol. The molecule has 0 aliphatic heterocycles. The lowest BCUT2D eigenvalue weighted by Crippen LogP contribution is -1.98. The zero-order valence-corrected chi connectivity index (χ0v) is 49.0. The van der Waals surface area contributed by atoms with Gasteiger partial charge in [-0.3, -0.25) is 9.13 Å². The van der Waals surface area contributed by atoms with E-state index >= 15 is 0 Å². The molecule has 0 aliphatic rings. The van der Waals surface area contributed by atoms with Gasteiger partial charge in [-0.2, -0.15) is 0 Å². The van der Waals surface area contributed by atoms with Crippen molar-refractivity contribution in [1.82, 2.24) is 19.1 Å². The van der Waals surface area contributed by atoms with Crippen LogP contribution < -0.4 is 0 Å². The third kappa shape index (κ3) is 8.38. The molecule has 18 rings (SSSR count). The summed E-state index contributed by atoms with van der Waals surface area (Å²) in [5, 5.41) is 14.6. The molecular weight excluding hydrogens is 1090 g/mol. The number of imidazole rings is 2. The maximum atomic E-state index is 5.60. The fourth-order valence-electron chi connectivity index (χ4n) is 14.4. The lowest BCUT2D eigenvalue weighted by atomic mass is 9.85. The monoisotopic (exact) mass is 1140 g/mol. The number of benzene rings is 16. The molecule has 0 spiro atoms. The summed E-state index contributed by atoms with van der Waals surface area (Å²) in [6.07, 6.45) is 0. The minimum atomic E-state index is 0.891. The Morgan fingerprint density at radius 3 is 1.16 bits per heavy atom. The summed E-state index contributed by atoms with van der Waals surface area (Å²) in [5.41, 5.74) is 20.2. The van der Waals surface area contributed by atoms with Crippen molar-refractivity contribution < 1.29 is 0 Å². The van der Waals surface area contributed by atoms with Gasteiger partial charge in [0.15, 0.2) is 0 Å². The Morgan fingerprint density at radius 2 is 0.556 bits per heavy atom. The predicted octanol–water partition coefficient (Wildman–Crippen LogP) is 23.0. The van der Waals surface area contributed by atoms with Gasteiger partial charge in [-0.25, -0.2) is 9.97 Å². The maximum Gasteiger partial charge on any atom is 0.145 e.